The minimum absolute atomic E-state index is 0.0543. The van der Waals surface area contributed by atoms with Crippen LogP contribution in [0.5, 0.6) is 0 Å². The van der Waals surface area contributed by atoms with E-state index in [1.807, 2.05) is 0 Å². The second-order valence-corrected chi connectivity index (χ2v) is 8.56. The number of amides is 1. The molecule has 0 spiro atoms. The average molecular weight is 341 g/mol. The van der Waals surface area contributed by atoms with Gasteiger partial charge < -0.3 is 10.1 Å². The number of benzene rings is 1. The van der Waals surface area contributed by atoms with Crippen LogP contribution in [0.25, 0.3) is 0 Å². The maximum absolute atomic E-state index is 12.5. The van der Waals surface area contributed by atoms with Gasteiger partial charge in [0.15, 0.2) is 9.84 Å². The summed E-state index contributed by atoms with van der Waals surface area (Å²) in [6.45, 7) is 7.10. The van der Waals surface area contributed by atoms with Crippen LogP contribution in [-0.2, 0) is 19.4 Å². The van der Waals surface area contributed by atoms with E-state index in [2.05, 4.69) is 5.32 Å². The van der Waals surface area contributed by atoms with Gasteiger partial charge in [0.2, 0.25) is 0 Å². The molecule has 7 heteroatoms. The number of sulfone groups is 1. The number of hydrogen-bond donors (Lipinski definition) is 1. The molecule has 0 aromatic heterocycles. The maximum Gasteiger partial charge on any atom is 0.328 e. The number of hydrogen-bond acceptors (Lipinski definition) is 5. The van der Waals surface area contributed by atoms with Crippen molar-refractivity contribution in [3.63, 3.8) is 0 Å². The molecule has 1 rings (SSSR count). The van der Waals surface area contributed by atoms with Crippen LogP contribution in [0.1, 0.15) is 36.7 Å². The Kier molecular flexibility index (Phi) is 5.58. The normalized spacial score (nSPS) is 13.3. The van der Waals surface area contributed by atoms with Gasteiger partial charge in [-0.05, 0) is 30.0 Å². The van der Waals surface area contributed by atoms with Crippen molar-refractivity contribution in [2.24, 2.45) is 5.41 Å². The molecule has 0 saturated carbocycles. The summed E-state index contributed by atoms with van der Waals surface area (Å²) in [6, 6.07) is 3.48. The Morgan fingerprint density at radius 3 is 2.22 bits per heavy atom. The van der Waals surface area contributed by atoms with Crippen molar-refractivity contribution >= 4 is 21.7 Å². The molecule has 0 aliphatic carbocycles. The summed E-state index contributed by atoms with van der Waals surface area (Å²) in [4.78, 5) is 24.5. The quantitative estimate of drug-likeness (QED) is 0.842. The van der Waals surface area contributed by atoms with E-state index in [1.54, 1.807) is 33.8 Å². The van der Waals surface area contributed by atoms with Gasteiger partial charge in [-0.25, -0.2) is 13.2 Å². The Morgan fingerprint density at radius 2 is 1.78 bits per heavy atom. The predicted octanol–water partition coefficient (Wildman–Crippen LogP) is 1.72. The first kappa shape index (κ1) is 19.2. The highest BCUT2D eigenvalue weighted by Crippen LogP contribution is 2.22. The summed E-state index contributed by atoms with van der Waals surface area (Å²) in [5.41, 5.74) is 0.281. The maximum atomic E-state index is 12.5. The second-order valence-electron chi connectivity index (χ2n) is 6.54. The Morgan fingerprint density at radius 1 is 1.22 bits per heavy atom. The molecule has 23 heavy (non-hydrogen) atoms. The number of carbonyl (C=O) groups excluding carboxylic acids is 2. The highest BCUT2D eigenvalue weighted by atomic mass is 32.2. The highest BCUT2D eigenvalue weighted by Gasteiger charge is 2.34. The molecule has 0 saturated heterocycles. The monoisotopic (exact) mass is 341 g/mol. The van der Waals surface area contributed by atoms with Gasteiger partial charge in [0, 0.05) is 11.8 Å². The molecule has 6 nitrogen and oxygen atoms in total. The summed E-state index contributed by atoms with van der Waals surface area (Å²) in [6.07, 6.45) is 1.08. The molecule has 0 aliphatic rings. The van der Waals surface area contributed by atoms with Crippen LogP contribution in [0.3, 0.4) is 0 Å². The fourth-order valence-electron chi connectivity index (χ4n) is 2.03. The largest absolute Gasteiger partial charge is 0.467 e. The zero-order valence-corrected chi connectivity index (χ0v) is 15.1. The fourth-order valence-corrected chi connectivity index (χ4v) is 2.68. The van der Waals surface area contributed by atoms with Crippen LogP contribution in [0, 0.1) is 12.3 Å². The van der Waals surface area contributed by atoms with Gasteiger partial charge >= 0.3 is 5.97 Å². The lowest BCUT2D eigenvalue weighted by molar-refractivity contribution is -0.145. The molecule has 0 unspecified atom stereocenters. The van der Waals surface area contributed by atoms with Crippen molar-refractivity contribution in [2.75, 3.05) is 13.4 Å². The zero-order valence-electron chi connectivity index (χ0n) is 14.3. The summed E-state index contributed by atoms with van der Waals surface area (Å²) >= 11 is 0. The number of aryl methyl sites for hydroxylation is 1. The minimum atomic E-state index is -3.43. The molecule has 1 N–H and O–H groups in total. The first-order valence-electron chi connectivity index (χ1n) is 7.07. The van der Waals surface area contributed by atoms with Gasteiger partial charge in [0.25, 0.3) is 5.91 Å². The number of methoxy groups -OCH3 is 1. The topological polar surface area (TPSA) is 89.5 Å². The number of carbonyl (C=O) groups is 2. The highest BCUT2D eigenvalue weighted by molar-refractivity contribution is 7.90. The zero-order chi connectivity index (χ0) is 18.0. The molecule has 0 heterocycles. The first-order chi connectivity index (χ1) is 10.4. The number of rotatable bonds is 4. The molecule has 1 amide bonds. The van der Waals surface area contributed by atoms with Gasteiger partial charge in [-0.15, -0.1) is 0 Å². The summed E-state index contributed by atoms with van der Waals surface area (Å²) in [5, 5.41) is 2.64. The van der Waals surface area contributed by atoms with Crippen LogP contribution in [-0.4, -0.2) is 39.7 Å². The summed E-state index contributed by atoms with van der Waals surface area (Å²) in [7, 11) is -2.17. The van der Waals surface area contributed by atoms with Gasteiger partial charge in [0.1, 0.15) is 6.04 Å². The van der Waals surface area contributed by atoms with Crippen molar-refractivity contribution in [3.05, 3.63) is 29.3 Å². The van der Waals surface area contributed by atoms with E-state index in [4.69, 9.17) is 4.74 Å². The number of esters is 1. The molecule has 0 fully saturated rings. The fraction of sp³-hybridized carbons (Fsp3) is 0.500. The third-order valence-corrected chi connectivity index (χ3v) is 4.57. The average Bonchev–Trinajstić information content (AvgIpc) is 2.41. The summed E-state index contributed by atoms with van der Waals surface area (Å²) < 4.78 is 28.0. The van der Waals surface area contributed by atoms with Crippen molar-refractivity contribution in [2.45, 2.75) is 38.6 Å². The van der Waals surface area contributed by atoms with Crippen LogP contribution >= 0.6 is 0 Å². The molecule has 0 aliphatic heterocycles. The van der Waals surface area contributed by atoms with Crippen LogP contribution in [0.4, 0.5) is 0 Å². The molecular weight excluding hydrogens is 318 g/mol. The second kappa shape index (κ2) is 6.70. The lowest BCUT2D eigenvalue weighted by Gasteiger charge is -2.29. The molecule has 128 valence electrons. The van der Waals surface area contributed by atoms with Crippen molar-refractivity contribution in [3.8, 4) is 0 Å². The van der Waals surface area contributed by atoms with Gasteiger partial charge in [-0.2, -0.15) is 0 Å². The molecule has 1 aromatic carbocycles. The predicted molar refractivity (Wildman–Crippen MR) is 87.0 cm³/mol. The first-order valence-corrected chi connectivity index (χ1v) is 8.96. The van der Waals surface area contributed by atoms with E-state index < -0.39 is 33.2 Å². The third kappa shape index (κ3) is 4.79. The Hall–Kier alpha value is -1.89. The smallest absolute Gasteiger partial charge is 0.328 e. The standard InChI is InChI=1S/C16H23NO5S/c1-10-7-8-11(23(6,20)21)9-12(10)14(18)17-13(15(19)22-5)16(2,3)4/h7-9,13H,1-6H3,(H,17,18)/t13-/m1/s1. The third-order valence-electron chi connectivity index (χ3n) is 3.46. The molecular formula is C16H23NO5S. The van der Waals surface area contributed by atoms with Crippen LogP contribution < -0.4 is 5.32 Å². The van der Waals surface area contributed by atoms with E-state index >= 15 is 0 Å². The molecule has 1 aromatic rings. The van der Waals surface area contributed by atoms with Gasteiger partial charge in [-0.1, -0.05) is 26.8 Å². The Balaban J connectivity index is 3.21. The lowest BCUT2D eigenvalue weighted by Crippen LogP contribution is -2.49. The molecule has 0 radical (unpaired) electrons. The van der Waals surface area contributed by atoms with E-state index in [0.717, 1.165) is 6.26 Å². The van der Waals surface area contributed by atoms with Gasteiger partial charge in [-0.3, -0.25) is 4.79 Å². The van der Waals surface area contributed by atoms with Gasteiger partial charge in [0.05, 0.1) is 12.0 Å². The Labute approximate surface area is 137 Å². The van der Waals surface area contributed by atoms with Crippen LogP contribution in [0.15, 0.2) is 23.1 Å². The molecule has 1 atom stereocenters. The minimum Gasteiger partial charge on any atom is -0.467 e. The van der Waals surface area contributed by atoms with Crippen LogP contribution in [0.2, 0.25) is 0 Å². The number of nitrogens with one attached hydrogen (secondary N) is 1. The summed E-state index contributed by atoms with van der Waals surface area (Å²) in [5.74, 6) is -1.07. The SMILES string of the molecule is COC(=O)[C@@H](NC(=O)c1cc(S(C)(=O)=O)ccc1C)C(C)(C)C. The van der Waals surface area contributed by atoms with Crippen molar-refractivity contribution < 1.29 is 22.7 Å². The Bertz CT molecular complexity index is 716. The van der Waals surface area contributed by atoms with Crippen molar-refractivity contribution in [1.82, 2.24) is 5.32 Å². The van der Waals surface area contributed by atoms with Crippen molar-refractivity contribution in [1.29, 1.82) is 0 Å². The van der Waals surface area contributed by atoms with E-state index in [1.165, 1.54) is 19.2 Å². The van der Waals surface area contributed by atoms with E-state index in [0.29, 0.717) is 5.56 Å². The molecule has 0 bridgehead atoms. The number of ether oxygens (including phenoxy) is 1. The van der Waals surface area contributed by atoms with E-state index in [-0.39, 0.29) is 10.5 Å². The lowest BCUT2D eigenvalue weighted by atomic mass is 9.86. The van der Waals surface area contributed by atoms with E-state index in [9.17, 15) is 18.0 Å².